The lowest BCUT2D eigenvalue weighted by Gasteiger charge is -2.24. The fraction of sp³-hybridized carbons (Fsp3) is 0.812. The van der Waals surface area contributed by atoms with E-state index in [2.05, 4.69) is 31.2 Å². The van der Waals surface area contributed by atoms with Crippen LogP contribution in [0.15, 0.2) is 0 Å². The summed E-state index contributed by atoms with van der Waals surface area (Å²) in [6, 6.07) is 0.411. The van der Waals surface area contributed by atoms with Crippen LogP contribution in [-0.4, -0.2) is 35.1 Å². The van der Waals surface area contributed by atoms with E-state index in [1.54, 1.807) is 0 Å². The van der Waals surface area contributed by atoms with Crippen LogP contribution >= 0.6 is 11.6 Å². The monoisotopic (exact) mass is 313 g/mol. The first-order valence-corrected chi connectivity index (χ1v) is 8.51. The van der Waals surface area contributed by atoms with E-state index in [4.69, 9.17) is 16.3 Å². The van der Waals surface area contributed by atoms with Crippen molar-refractivity contribution in [1.29, 1.82) is 0 Å². The molecule has 5 heteroatoms. The average Bonchev–Trinajstić information content (AvgIpc) is 3.01. The molecular weight excluding hydrogens is 286 g/mol. The highest BCUT2D eigenvalue weighted by Crippen LogP contribution is 2.28. The highest BCUT2D eigenvalue weighted by molar-refractivity contribution is 6.31. The lowest BCUT2D eigenvalue weighted by molar-refractivity contribution is 0.116. The third kappa shape index (κ3) is 3.99. The average molecular weight is 314 g/mol. The molecule has 0 saturated carbocycles. The van der Waals surface area contributed by atoms with Crippen LogP contribution < -0.4 is 5.32 Å². The van der Waals surface area contributed by atoms with Crippen molar-refractivity contribution >= 4 is 11.6 Å². The number of aromatic nitrogens is 2. The number of hydrogen-bond donors (Lipinski definition) is 1. The molecule has 0 amide bonds. The zero-order chi connectivity index (χ0) is 15.4. The highest BCUT2D eigenvalue weighted by Gasteiger charge is 2.30. The number of ether oxygens (including phenoxy) is 1. The summed E-state index contributed by atoms with van der Waals surface area (Å²) in [7, 11) is 0. The zero-order valence-electron chi connectivity index (χ0n) is 13.7. The second-order valence-corrected chi connectivity index (χ2v) is 6.44. The van der Waals surface area contributed by atoms with Crippen molar-refractivity contribution < 1.29 is 4.74 Å². The molecule has 1 N–H and O–H groups in total. The quantitative estimate of drug-likeness (QED) is 0.840. The lowest BCUT2D eigenvalue weighted by Crippen LogP contribution is -2.39. The van der Waals surface area contributed by atoms with Gasteiger partial charge in [0.1, 0.15) is 0 Å². The van der Waals surface area contributed by atoms with E-state index >= 15 is 0 Å². The van der Waals surface area contributed by atoms with Crippen LogP contribution in [-0.2, 0) is 17.7 Å². The molecule has 1 fully saturated rings. The maximum atomic E-state index is 6.46. The molecule has 1 aliphatic heterocycles. The maximum Gasteiger partial charge on any atom is 0.0847 e. The van der Waals surface area contributed by atoms with Crippen molar-refractivity contribution in [3.63, 3.8) is 0 Å². The number of nitrogens with zero attached hydrogens (tertiary/aromatic N) is 2. The van der Waals surface area contributed by atoms with E-state index in [1.165, 1.54) is 0 Å². The van der Waals surface area contributed by atoms with Gasteiger partial charge in [-0.1, -0.05) is 18.5 Å². The van der Waals surface area contributed by atoms with Crippen LogP contribution in [0.5, 0.6) is 0 Å². The summed E-state index contributed by atoms with van der Waals surface area (Å²) in [6.07, 6.45) is 3.56. The van der Waals surface area contributed by atoms with Gasteiger partial charge in [-0.05, 0) is 40.2 Å². The fourth-order valence-corrected chi connectivity index (χ4v) is 3.35. The normalized spacial score (nSPS) is 23.7. The van der Waals surface area contributed by atoms with Crippen molar-refractivity contribution in [2.24, 2.45) is 5.92 Å². The largest absolute Gasteiger partial charge is 0.378 e. The van der Waals surface area contributed by atoms with E-state index in [1.807, 2.05) is 11.6 Å². The molecule has 120 valence electrons. The summed E-state index contributed by atoms with van der Waals surface area (Å²) >= 11 is 6.46. The van der Waals surface area contributed by atoms with Gasteiger partial charge < -0.3 is 10.1 Å². The molecule has 0 spiro atoms. The van der Waals surface area contributed by atoms with Crippen molar-refractivity contribution in [2.45, 2.75) is 65.6 Å². The zero-order valence-corrected chi connectivity index (χ0v) is 14.4. The second kappa shape index (κ2) is 7.61. The van der Waals surface area contributed by atoms with Crippen molar-refractivity contribution in [3.8, 4) is 0 Å². The minimum atomic E-state index is 0.370. The van der Waals surface area contributed by atoms with Gasteiger partial charge in [0.15, 0.2) is 0 Å². The first-order chi connectivity index (χ1) is 10.1. The predicted molar refractivity (Wildman–Crippen MR) is 87.0 cm³/mol. The summed E-state index contributed by atoms with van der Waals surface area (Å²) in [5, 5.41) is 9.04. The minimum absolute atomic E-state index is 0.370. The first kappa shape index (κ1) is 16.8. The van der Waals surface area contributed by atoms with Gasteiger partial charge in [0.05, 0.1) is 29.1 Å². The van der Waals surface area contributed by atoms with E-state index in [9.17, 15) is 0 Å². The number of hydrogen-bond acceptors (Lipinski definition) is 3. The third-order valence-corrected chi connectivity index (χ3v) is 4.81. The molecule has 21 heavy (non-hydrogen) atoms. The van der Waals surface area contributed by atoms with Crippen LogP contribution in [0, 0.1) is 12.8 Å². The molecule has 0 aliphatic carbocycles. The van der Waals surface area contributed by atoms with E-state index < -0.39 is 0 Å². The molecule has 1 saturated heterocycles. The van der Waals surface area contributed by atoms with Gasteiger partial charge in [0.2, 0.25) is 0 Å². The number of halogens is 1. The van der Waals surface area contributed by atoms with Gasteiger partial charge in [0.25, 0.3) is 0 Å². The molecule has 3 atom stereocenters. The van der Waals surface area contributed by atoms with Gasteiger partial charge in [-0.15, -0.1) is 0 Å². The molecule has 0 radical (unpaired) electrons. The van der Waals surface area contributed by atoms with Crippen molar-refractivity contribution in [1.82, 2.24) is 15.1 Å². The number of aryl methyl sites for hydroxylation is 2. The Balaban J connectivity index is 2.14. The SMILES string of the molecule is CCCNC(Cc1c(Cl)c(C)nn1CC)C1COC(C)C1. The van der Waals surface area contributed by atoms with Gasteiger partial charge in [0, 0.05) is 24.9 Å². The van der Waals surface area contributed by atoms with E-state index in [-0.39, 0.29) is 0 Å². The maximum absolute atomic E-state index is 6.46. The summed E-state index contributed by atoms with van der Waals surface area (Å²) in [6.45, 7) is 11.2. The second-order valence-electron chi connectivity index (χ2n) is 6.07. The predicted octanol–water partition coefficient (Wildman–Crippen LogP) is 3.20. The number of nitrogens with one attached hydrogen (secondary N) is 1. The smallest absolute Gasteiger partial charge is 0.0847 e. The summed E-state index contributed by atoms with van der Waals surface area (Å²) in [5.41, 5.74) is 2.09. The molecule has 1 aromatic rings. The molecule has 4 nitrogen and oxygen atoms in total. The Bertz CT molecular complexity index is 461. The van der Waals surface area contributed by atoms with Crippen LogP contribution in [0.1, 0.15) is 45.0 Å². The van der Waals surface area contributed by atoms with E-state index in [0.29, 0.717) is 18.1 Å². The van der Waals surface area contributed by atoms with Crippen molar-refractivity contribution in [2.75, 3.05) is 13.2 Å². The topological polar surface area (TPSA) is 39.1 Å². The Morgan fingerprint density at radius 2 is 2.24 bits per heavy atom. The molecule has 0 aromatic carbocycles. The van der Waals surface area contributed by atoms with Crippen molar-refractivity contribution in [3.05, 3.63) is 16.4 Å². The molecule has 3 unspecified atom stereocenters. The fourth-order valence-electron chi connectivity index (χ4n) is 3.14. The van der Waals surface area contributed by atoms with Crippen LogP contribution in [0.4, 0.5) is 0 Å². The first-order valence-electron chi connectivity index (χ1n) is 8.13. The molecule has 2 rings (SSSR count). The minimum Gasteiger partial charge on any atom is -0.378 e. The molecule has 2 heterocycles. The molecule has 1 aliphatic rings. The van der Waals surface area contributed by atoms with Gasteiger partial charge in [-0.25, -0.2) is 0 Å². The summed E-state index contributed by atoms with van der Waals surface area (Å²) in [5.74, 6) is 0.558. The van der Waals surface area contributed by atoms with Crippen LogP contribution in [0.25, 0.3) is 0 Å². The Kier molecular flexibility index (Phi) is 6.08. The van der Waals surface area contributed by atoms with Gasteiger partial charge in [-0.2, -0.15) is 5.10 Å². The molecule has 0 bridgehead atoms. The van der Waals surface area contributed by atoms with Gasteiger partial charge in [-0.3, -0.25) is 4.68 Å². The molecule has 1 aromatic heterocycles. The Morgan fingerprint density at radius 3 is 2.81 bits per heavy atom. The Hall–Kier alpha value is -0.580. The Morgan fingerprint density at radius 1 is 1.48 bits per heavy atom. The highest BCUT2D eigenvalue weighted by atomic mass is 35.5. The number of rotatable bonds is 7. The standard InChI is InChI=1S/C16H28ClN3O/c1-5-7-18-14(13-8-11(3)21-10-13)9-15-16(17)12(4)19-20(15)6-2/h11,13-14,18H,5-10H2,1-4H3. The third-order valence-electron chi connectivity index (χ3n) is 4.32. The summed E-state index contributed by atoms with van der Waals surface area (Å²) < 4.78 is 7.80. The molecular formula is C16H28ClN3O. The van der Waals surface area contributed by atoms with Crippen LogP contribution in [0.3, 0.4) is 0 Å². The van der Waals surface area contributed by atoms with E-state index in [0.717, 1.165) is 55.4 Å². The lowest BCUT2D eigenvalue weighted by atomic mass is 9.93. The van der Waals surface area contributed by atoms with Crippen LogP contribution in [0.2, 0.25) is 5.02 Å². The summed E-state index contributed by atoms with van der Waals surface area (Å²) in [4.78, 5) is 0. The Labute approximate surface area is 133 Å². The van der Waals surface area contributed by atoms with Gasteiger partial charge >= 0.3 is 0 Å².